The Bertz CT molecular complexity index is 325. The molecular formula is C10H10N2. The normalized spacial score (nSPS) is 18.8. The molecule has 0 saturated carbocycles. The highest BCUT2D eigenvalue weighted by atomic mass is 14.9. The lowest BCUT2D eigenvalue weighted by Crippen LogP contribution is -2.26. The van der Waals surface area contributed by atoms with Crippen LogP contribution in [0.5, 0.6) is 0 Å². The summed E-state index contributed by atoms with van der Waals surface area (Å²) in [7, 11) is 0. The molecule has 60 valence electrons. The first-order chi connectivity index (χ1) is 5.92. The molecule has 2 heteroatoms. The van der Waals surface area contributed by atoms with Gasteiger partial charge in [0.1, 0.15) is 0 Å². The van der Waals surface area contributed by atoms with Crippen LogP contribution in [-0.4, -0.2) is 6.54 Å². The first-order valence-electron chi connectivity index (χ1n) is 4.11. The van der Waals surface area contributed by atoms with Crippen LogP contribution >= 0.6 is 0 Å². The van der Waals surface area contributed by atoms with Crippen molar-refractivity contribution in [2.75, 3.05) is 6.54 Å². The van der Waals surface area contributed by atoms with Gasteiger partial charge in [0.25, 0.3) is 0 Å². The number of hydrogen-bond donors (Lipinski definition) is 1. The summed E-state index contributed by atoms with van der Waals surface area (Å²) in [5.41, 5.74) is 2.84. The summed E-state index contributed by atoms with van der Waals surface area (Å²) in [6, 6.07) is 8.41. The zero-order valence-electron chi connectivity index (χ0n) is 6.75. The lowest BCUT2D eigenvalue weighted by Gasteiger charge is -2.29. The molecule has 2 nitrogen and oxygen atoms in total. The van der Waals surface area contributed by atoms with Gasteiger partial charge in [0, 0.05) is 12.5 Å². The van der Waals surface area contributed by atoms with Crippen molar-refractivity contribution in [3.63, 3.8) is 0 Å². The van der Waals surface area contributed by atoms with Crippen molar-refractivity contribution in [2.45, 2.75) is 12.3 Å². The summed E-state index contributed by atoms with van der Waals surface area (Å²) in [4.78, 5) is 0. The maximum atomic E-state index is 8.32. The van der Waals surface area contributed by atoms with Gasteiger partial charge in [-0.05, 0) is 17.5 Å². The number of hydrogen-bond acceptors (Lipinski definition) is 2. The molecule has 1 aromatic carbocycles. The van der Waals surface area contributed by atoms with Gasteiger partial charge in [0.05, 0.1) is 0 Å². The van der Waals surface area contributed by atoms with Gasteiger partial charge in [-0.15, -0.1) is 0 Å². The van der Waals surface area contributed by atoms with E-state index in [4.69, 9.17) is 5.26 Å². The largest absolute Gasteiger partial charge is 0.323 e. The second kappa shape index (κ2) is 2.86. The van der Waals surface area contributed by atoms with Crippen molar-refractivity contribution >= 4 is 0 Å². The van der Waals surface area contributed by atoms with Crippen LogP contribution in [0.15, 0.2) is 24.3 Å². The molecule has 1 aliphatic rings. The number of fused-ring (bicyclic) bond motifs is 1. The van der Waals surface area contributed by atoms with Crippen LogP contribution in [0.3, 0.4) is 0 Å². The molecule has 1 atom stereocenters. The van der Waals surface area contributed by atoms with Crippen molar-refractivity contribution in [3.05, 3.63) is 35.4 Å². The summed E-state index contributed by atoms with van der Waals surface area (Å²) in [6.07, 6.45) is 3.06. The van der Waals surface area contributed by atoms with E-state index < -0.39 is 0 Å². The molecule has 1 N–H and O–H groups in total. The Morgan fingerprint density at radius 1 is 1.50 bits per heavy atom. The van der Waals surface area contributed by atoms with Gasteiger partial charge in [-0.25, -0.2) is 0 Å². The third-order valence-electron chi connectivity index (χ3n) is 2.39. The van der Waals surface area contributed by atoms with Gasteiger partial charge in [0.2, 0.25) is 0 Å². The Balaban J connectivity index is 2.06. The molecule has 1 aliphatic carbocycles. The molecule has 1 aromatic rings. The smallest absolute Gasteiger partial charge is 0.176 e. The van der Waals surface area contributed by atoms with E-state index in [1.807, 2.05) is 6.19 Å². The third-order valence-corrected chi connectivity index (χ3v) is 2.39. The lowest BCUT2D eigenvalue weighted by atomic mass is 9.78. The maximum absolute atomic E-state index is 8.32. The summed E-state index contributed by atoms with van der Waals surface area (Å²) in [6.45, 7) is 0.785. The molecule has 0 saturated heterocycles. The van der Waals surface area contributed by atoms with Gasteiger partial charge >= 0.3 is 0 Å². The predicted molar refractivity (Wildman–Crippen MR) is 46.5 cm³/mol. The minimum atomic E-state index is 0.556. The van der Waals surface area contributed by atoms with Gasteiger partial charge < -0.3 is 5.32 Å². The first-order valence-corrected chi connectivity index (χ1v) is 4.11. The Hall–Kier alpha value is -1.49. The molecule has 0 aliphatic heterocycles. The zero-order valence-corrected chi connectivity index (χ0v) is 6.75. The highest BCUT2D eigenvalue weighted by molar-refractivity contribution is 5.40. The van der Waals surface area contributed by atoms with Crippen molar-refractivity contribution in [3.8, 4) is 6.19 Å². The molecular weight excluding hydrogens is 148 g/mol. The van der Waals surface area contributed by atoms with E-state index in [9.17, 15) is 0 Å². The van der Waals surface area contributed by atoms with E-state index in [2.05, 4.69) is 29.6 Å². The Morgan fingerprint density at radius 2 is 2.33 bits per heavy atom. The predicted octanol–water partition coefficient (Wildman–Crippen LogP) is 1.40. The summed E-state index contributed by atoms with van der Waals surface area (Å²) in [5, 5.41) is 11.0. The summed E-state index contributed by atoms with van der Waals surface area (Å²) < 4.78 is 0. The minimum Gasteiger partial charge on any atom is -0.323 e. The SMILES string of the molecule is N#CNCC1Cc2ccccc21. The van der Waals surface area contributed by atoms with E-state index in [-0.39, 0.29) is 0 Å². The number of nitrogens with zero attached hydrogens (tertiary/aromatic N) is 1. The summed E-state index contributed by atoms with van der Waals surface area (Å²) in [5.74, 6) is 0.556. The molecule has 12 heavy (non-hydrogen) atoms. The van der Waals surface area contributed by atoms with Crippen LogP contribution < -0.4 is 5.32 Å². The number of rotatable bonds is 2. The molecule has 0 fully saturated rings. The lowest BCUT2D eigenvalue weighted by molar-refractivity contribution is 0.584. The molecule has 0 heterocycles. The third kappa shape index (κ3) is 1.04. The highest BCUT2D eigenvalue weighted by Gasteiger charge is 2.24. The molecule has 0 spiro atoms. The van der Waals surface area contributed by atoms with Gasteiger partial charge in [-0.3, -0.25) is 0 Å². The van der Waals surface area contributed by atoms with Crippen LogP contribution in [-0.2, 0) is 6.42 Å². The van der Waals surface area contributed by atoms with Crippen molar-refractivity contribution in [2.24, 2.45) is 0 Å². The number of nitrogens with one attached hydrogen (secondary N) is 1. The Morgan fingerprint density at radius 3 is 3.08 bits per heavy atom. The molecule has 0 amide bonds. The summed E-state index contributed by atoms with van der Waals surface area (Å²) >= 11 is 0. The van der Waals surface area contributed by atoms with E-state index in [0.29, 0.717) is 5.92 Å². The average Bonchev–Trinajstić information content (AvgIpc) is 2.07. The van der Waals surface area contributed by atoms with E-state index in [1.54, 1.807) is 0 Å². The zero-order chi connectivity index (χ0) is 8.39. The van der Waals surface area contributed by atoms with Crippen LogP contribution in [0.2, 0.25) is 0 Å². The van der Waals surface area contributed by atoms with Gasteiger partial charge in [0.15, 0.2) is 6.19 Å². The van der Waals surface area contributed by atoms with Crippen molar-refractivity contribution in [1.82, 2.24) is 5.32 Å². The van der Waals surface area contributed by atoms with Crippen LogP contribution in [0.4, 0.5) is 0 Å². The minimum absolute atomic E-state index is 0.556. The fourth-order valence-electron chi connectivity index (χ4n) is 1.71. The Kier molecular flexibility index (Phi) is 1.71. The van der Waals surface area contributed by atoms with Gasteiger partial charge in [-0.1, -0.05) is 24.3 Å². The molecule has 1 unspecified atom stereocenters. The fourth-order valence-corrected chi connectivity index (χ4v) is 1.71. The topological polar surface area (TPSA) is 35.8 Å². The van der Waals surface area contributed by atoms with E-state index in [0.717, 1.165) is 13.0 Å². The average molecular weight is 158 g/mol. The molecule has 0 radical (unpaired) electrons. The first kappa shape index (κ1) is 7.17. The van der Waals surface area contributed by atoms with Crippen LogP contribution in [0, 0.1) is 11.5 Å². The highest BCUT2D eigenvalue weighted by Crippen LogP contribution is 2.33. The monoisotopic (exact) mass is 158 g/mol. The fraction of sp³-hybridized carbons (Fsp3) is 0.300. The maximum Gasteiger partial charge on any atom is 0.176 e. The number of benzene rings is 1. The van der Waals surface area contributed by atoms with Crippen LogP contribution in [0.25, 0.3) is 0 Å². The van der Waals surface area contributed by atoms with Crippen LogP contribution in [0.1, 0.15) is 17.0 Å². The van der Waals surface area contributed by atoms with Crippen molar-refractivity contribution < 1.29 is 0 Å². The van der Waals surface area contributed by atoms with Gasteiger partial charge in [-0.2, -0.15) is 5.26 Å². The van der Waals surface area contributed by atoms with E-state index in [1.165, 1.54) is 11.1 Å². The second-order valence-corrected chi connectivity index (χ2v) is 3.09. The number of nitriles is 1. The molecule has 2 rings (SSSR count). The molecule has 0 aromatic heterocycles. The van der Waals surface area contributed by atoms with Crippen molar-refractivity contribution in [1.29, 1.82) is 5.26 Å². The Labute approximate surface area is 71.8 Å². The van der Waals surface area contributed by atoms with E-state index >= 15 is 0 Å². The standard InChI is InChI=1S/C10H10N2/c11-7-12-6-9-5-8-3-1-2-4-10(8)9/h1-4,9,12H,5-6H2. The molecule has 0 bridgehead atoms. The second-order valence-electron chi connectivity index (χ2n) is 3.09. The quantitative estimate of drug-likeness (QED) is 0.521.